The van der Waals surface area contributed by atoms with Gasteiger partial charge in [0.1, 0.15) is 0 Å². The maximum absolute atomic E-state index is 4.11. The normalized spacial score (nSPS) is 11.8. The van der Waals surface area contributed by atoms with E-state index in [0.717, 1.165) is 56.5 Å². The van der Waals surface area contributed by atoms with Gasteiger partial charge in [-0.2, -0.15) is 0 Å². The van der Waals surface area contributed by atoms with Crippen molar-refractivity contribution in [3.63, 3.8) is 0 Å². The number of fused-ring (bicyclic) bond motifs is 6. The van der Waals surface area contributed by atoms with E-state index in [4.69, 9.17) is 0 Å². The molecule has 4 nitrogen and oxygen atoms in total. The highest BCUT2D eigenvalue weighted by Crippen LogP contribution is 2.41. The van der Waals surface area contributed by atoms with Crippen LogP contribution in [0, 0.1) is 0 Å². The monoisotopic (exact) mass is 834 g/mol. The first-order chi connectivity index (χ1) is 32.2. The Labute approximate surface area is 379 Å². The summed E-state index contributed by atoms with van der Waals surface area (Å²) in [6.07, 6.45) is 8.44. The van der Waals surface area contributed by atoms with Crippen LogP contribution in [0.15, 0.2) is 261 Å². The molecule has 0 saturated heterocycles. The lowest BCUT2D eigenvalue weighted by molar-refractivity contribution is 1.09. The standard InChI is InChI=1S/C61H46N4/c1-2-20-45(21-19-42-62(47-22-7-3-8-23-47)52-38-40-56-54-30-15-17-32-58(54)64(60(56)43-52)49-26-11-5-12-27-49)46-34-36-51(37-35-46)63(48-24-9-4-10-25-48)53-39-41-57-55-31-16-18-33-59(55)65(61(57)44-53)50-28-13-6-14-29-50/h2-41,43-44H,1,42H2/b21-19-,45-20+. The van der Waals surface area contributed by atoms with E-state index in [0.29, 0.717) is 6.54 Å². The highest BCUT2D eigenvalue weighted by atomic mass is 15.1. The maximum atomic E-state index is 4.11. The molecule has 0 spiro atoms. The molecular formula is C61H46N4. The second-order valence-electron chi connectivity index (χ2n) is 16.2. The second kappa shape index (κ2) is 17.3. The Balaban J connectivity index is 0.936. The van der Waals surface area contributed by atoms with Crippen molar-refractivity contribution in [3.05, 3.63) is 267 Å². The lowest BCUT2D eigenvalue weighted by atomic mass is 10.0. The van der Waals surface area contributed by atoms with Gasteiger partial charge in [0, 0.05) is 67.9 Å². The number of nitrogens with zero attached hydrogens (tertiary/aromatic N) is 4. The van der Waals surface area contributed by atoms with Crippen LogP contribution in [-0.4, -0.2) is 15.7 Å². The van der Waals surface area contributed by atoms with E-state index in [1.807, 2.05) is 6.08 Å². The molecule has 0 radical (unpaired) electrons. The number of rotatable bonds is 12. The topological polar surface area (TPSA) is 16.3 Å². The zero-order valence-electron chi connectivity index (χ0n) is 36.0. The first-order valence-electron chi connectivity index (χ1n) is 22.2. The molecule has 0 atom stereocenters. The molecule has 4 heteroatoms. The van der Waals surface area contributed by atoms with Crippen LogP contribution >= 0.6 is 0 Å². The molecule has 0 N–H and O–H groups in total. The van der Waals surface area contributed by atoms with Gasteiger partial charge in [0.25, 0.3) is 0 Å². The fourth-order valence-corrected chi connectivity index (χ4v) is 9.39. The summed E-state index contributed by atoms with van der Waals surface area (Å²) in [5.41, 5.74) is 14.7. The molecule has 2 heterocycles. The van der Waals surface area contributed by atoms with Crippen molar-refractivity contribution in [1.82, 2.24) is 9.13 Å². The maximum Gasteiger partial charge on any atom is 0.0561 e. The summed E-state index contributed by atoms with van der Waals surface area (Å²) in [5, 5.41) is 4.94. The van der Waals surface area contributed by atoms with Gasteiger partial charge in [0.05, 0.1) is 22.1 Å². The molecule has 0 bridgehead atoms. The van der Waals surface area contributed by atoms with E-state index < -0.39 is 0 Å². The highest BCUT2D eigenvalue weighted by Gasteiger charge is 2.19. The van der Waals surface area contributed by atoms with Crippen LogP contribution in [0.5, 0.6) is 0 Å². The highest BCUT2D eigenvalue weighted by molar-refractivity contribution is 6.11. The minimum absolute atomic E-state index is 0.664. The van der Waals surface area contributed by atoms with Gasteiger partial charge in [-0.05, 0) is 108 Å². The molecule has 65 heavy (non-hydrogen) atoms. The molecule has 0 amide bonds. The van der Waals surface area contributed by atoms with E-state index >= 15 is 0 Å². The van der Waals surface area contributed by atoms with Crippen LogP contribution in [0.4, 0.5) is 28.4 Å². The van der Waals surface area contributed by atoms with Gasteiger partial charge in [-0.3, -0.25) is 0 Å². The van der Waals surface area contributed by atoms with Gasteiger partial charge in [-0.25, -0.2) is 0 Å². The van der Waals surface area contributed by atoms with Gasteiger partial charge in [0.15, 0.2) is 0 Å². The minimum atomic E-state index is 0.664. The quantitative estimate of drug-likeness (QED) is 0.114. The Hall–Kier alpha value is -8.60. The molecule has 2 aromatic heterocycles. The molecule has 0 unspecified atom stereocenters. The molecule has 0 aliphatic rings. The Kier molecular flexibility index (Phi) is 10.4. The van der Waals surface area contributed by atoms with Gasteiger partial charge in [0.2, 0.25) is 0 Å². The van der Waals surface area contributed by atoms with Crippen molar-refractivity contribution in [2.75, 3.05) is 16.3 Å². The third-order valence-corrected chi connectivity index (χ3v) is 12.3. The largest absolute Gasteiger partial charge is 0.338 e. The average Bonchev–Trinajstić information content (AvgIpc) is 3.88. The number of para-hydroxylation sites is 6. The number of aromatic nitrogens is 2. The smallest absolute Gasteiger partial charge is 0.0561 e. The van der Waals surface area contributed by atoms with Crippen molar-refractivity contribution in [3.8, 4) is 11.4 Å². The average molecular weight is 835 g/mol. The predicted molar refractivity (Wildman–Crippen MR) is 277 cm³/mol. The molecule has 11 rings (SSSR count). The van der Waals surface area contributed by atoms with E-state index in [9.17, 15) is 0 Å². The van der Waals surface area contributed by atoms with Crippen LogP contribution in [0.25, 0.3) is 60.6 Å². The Morgan fingerprint density at radius 1 is 0.400 bits per heavy atom. The van der Waals surface area contributed by atoms with Crippen molar-refractivity contribution >= 4 is 77.6 Å². The van der Waals surface area contributed by atoms with Crippen molar-refractivity contribution in [2.45, 2.75) is 0 Å². The van der Waals surface area contributed by atoms with Crippen molar-refractivity contribution in [1.29, 1.82) is 0 Å². The van der Waals surface area contributed by atoms with Crippen molar-refractivity contribution < 1.29 is 0 Å². The summed E-state index contributed by atoms with van der Waals surface area (Å²) in [6, 6.07) is 82.5. The Morgan fingerprint density at radius 3 is 1.38 bits per heavy atom. The van der Waals surface area contributed by atoms with E-state index in [-0.39, 0.29) is 0 Å². The van der Waals surface area contributed by atoms with E-state index in [1.165, 1.54) is 38.1 Å². The summed E-state index contributed by atoms with van der Waals surface area (Å²) >= 11 is 0. The fourth-order valence-electron chi connectivity index (χ4n) is 9.39. The number of benzene rings is 9. The van der Waals surface area contributed by atoms with Crippen LogP contribution in [-0.2, 0) is 0 Å². The van der Waals surface area contributed by atoms with Gasteiger partial charge in [-0.15, -0.1) is 0 Å². The number of anilines is 5. The lowest BCUT2D eigenvalue weighted by Crippen LogP contribution is -2.16. The van der Waals surface area contributed by atoms with E-state index in [1.54, 1.807) is 0 Å². The zero-order valence-corrected chi connectivity index (χ0v) is 36.0. The van der Waals surface area contributed by atoms with Gasteiger partial charge >= 0.3 is 0 Å². The third kappa shape index (κ3) is 7.37. The first kappa shape index (κ1) is 39.3. The molecule has 0 fully saturated rings. The third-order valence-electron chi connectivity index (χ3n) is 12.3. The SMILES string of the molecule is C=C/C=C(\C=C/CN(c1ccccc1)c1ccc2c3ccccc3n(-c3ccccc3)c2c1)c1ccc(N(c2ccccc2)c2ccc3c4ccccc4n(-c4ccccc4)c3c2)cc1. The van der Waals surface area contributed by atoms with Crippen LogP contribution < -0.4 is 9.80 Å². The predicted octanol–water partition coefficient (Wildman–Crippen LogP) is 16.3. The molecule has 9 aromatic carbocycles. The zero-order chi connectivity index (χ0) is 43.5. The second-order valence-corrected chi connectivity index (χ2v) is 16.2. The summed E-state index contributed by atoms with van der Waals surface area (Å²) in [7, 11) is 0. The molecule has 0 saturated carbocycles. The van der Waals surface area contributed by atoms with Gasteiger partial charge in [-0.1, -0.05) is 164 Å². The summed E-state index contributed by atoms with van der Waals surface area (Å²) < 4.78 is 4.75. The molecule has 11 aromatic rings. The summed E-state index contributed by atoms with van der Waals surface area (Å²) in [6.45, 7) is 4.77. The van der Waals surface area contributed by atoms with Crippen LogP contribution in [0.2, 0.25) is 0 Å². The molecular weight excluding hydrogens is 789 g/mol. The lowest BCUT2D eigenvalue weighted by Gasteiger charge is -2.26. The number of allylic oxidation sites excluding steroid dienone is 4. The summed E-state index contributed by atoms with van der Waals surface area (Å²) in [4.78, 5) is 4.72. The summed E-state index contributed by atoms with van der Waals surface area (Å²) in [5.74, 6) is 0. The van der Waals surface area contributed by atoms with Gasteiger partial charge < -0.3 is 18.9 Å². The van der Waals surface area contributed by atoms with Crippen molar-refractivity contribution in [2.24, 2.45) is 0 Å². The van der Waals surface area contributed by atoms with E-state index in [2.05, 4.69) is 274 Å². The Morgan fingerprint density at radius 2 is 0.831 bits per heavy atom. The van der Waals surface area contributed by atoms with Crippen LogP contribution in [0.1, 0.15) is 5.56 Å². The molecule has 0 aliphatic heterocycles. The number of hydrogen-bond acceptors (Lipinski definition) is 2. The molecule has 310 valence electrons. The first-order valence-corrected chi connectivity index (χ1v) is 22.2. The number of hydrogen-bond donors (Lipinski definition) is 0. The fraction of sp³-hybridized carbons (Fsp3) is 0.0164. The molecule has 0 aliphatic carbocycles. The van der Waals surface area contributed by atoms with Crippen LogP contribution in [0.3, 0.4) is 0 Å². The Bertz CT molecular complexity index is 3510. The minimum Gasteiger partial charge on any atom is -0.338 e.